The summed E-state index contributed by atoms with van der Waals surface area (Å²) in [6.45, 7) is 5.49. The molecule has 1 N–H and O–H groups in total. The lowest BCUT2D eigenvalue weighted by Gasteiger charge is -2.18. The van der Waals surface area contributed by atoms with Crippen molar-refractivity contribution in [1.29, 1.82) is 0 Å². The molecule has 0 saturated heterocycles. The number of ether oxygens (including phenoxy) is 1. The van der Waals surface area contributed by atoms with E-state index in [2.05, 4.69) is 17.4 Å². The predicted molar refractivity (Wildman–Crippen MR) is 98.4 cm³/mol. The van der Waals surface area contributed by atoms with Gasteiger partial charge in [-0.2, -0.15) is 0 Å². The fraction of sp³-hybridized carbons (Fsp3) is 0.333. The van der Waals surface area contributed by atoms with Gasteiger partial charge in [-0.25, -0.2) is 4.79 Å². The van der Waals surface area contributed by atoms with Crippen LogP contribution in [0.3, 0.4) is 0 Å². The first-order valence-corrected chi connectivity index (χ1v) is 8.57. The minimum atomic E-state index is -0.826. The molecule has 0 aliphatic heterocycles. The Bertz CT molecular complexity index is 695. The molecule has 0 fully saturated rings. The van der Waals surface area contributed by atoms with Crippen molar-refractivity contribution < 1.29 is 14.3 Å². The Morgan fingerprint density at radius 2 is 1.64 bits per heavy atom. The minimum absolute atomic E-state index is 0.00762. The van der Waals surface area contributed by atoms with E-state index in [1.54, 1.807) is 19.1 Å². The van der Waals surface area contributed by atoms with Gasteiger partial charge in [-0.1, -0.05) is 48.0 Å². The minimum Gasteiger partial charge on any atom is -0.449 e. The van der Waals surface area contributed by atoms with Crippen molar-refractivity contribution in [2.24, 2.45) is 0 Å². The Balaban J connectivity index is 1.79. The van der Waals surface area contributed by atoms with E-state index < -0.39 is 12.1 Å². The topological polar surface area (TPSA) is 55.4 Å². The molecule has 25 heavy (non-hydrogen) atoms. The lowest BCUT2D eigenvalue weighted by Crippen LogP contribution is -2.41. The lowest BCUT2D eigenvalue weighted by molar-refractivity contribution is -0.129. The molecule has 132 valence electrons. The van der Waals surface area contributed by atoms with Gasteiger partial charge in [0.15, 0.2) is 6.10 Å². The first-order valence-electron chi connectivity index (χ1n) is 8.57. The number of nitrogens with one attached hydrogen (secondary N) is 1. The highest BCUT2D eigenvalue weighted by Crippen LogP contribution is 2.08. The van der Waals surface area contributed by atoms with Crippen LogP contribution in [0, 0.1) is 6.92 Å². The summed E-state index contributed by atoms with van der Waals surface area (Å²) in [5.74, 6) is -0.763. The third-order valence-electron chi connectivity index (χ3n) is 4.04. The SMILES string of the molecule is Cc1ccc(C(=O)O[C@@H](C)C(=O)N[C@H](C)CCc2ccccc2)cc1. The summed E-state index contributed by atoms with van der Waals surface area (Å²) in [6.07, 6.45) is 0.891. The van der Waals surface area contributed by atoms with Crippen molar-refractivity contribution in [2.45, 2.75) is 45.8 Å². The van der Waals surface area contributed by atoms with Gasteiger partial charge < -0.3 is 10.1 Å². The van der Waals surface area contributed by atoms with Crippen molar-refractivity contribution in [3.05, 3.63) is 71.3 Å². The number of benzene rings is 2. The average Bonchev–Trinajstić information content (AvgIpc) is 2.61. The number of carbonyl (C=O) groups excluding carboxylic acids is 2. The Labute approximate surface area is 149 Å². The number of amides is 1. The van der Waals surface area contributed by atoms with Crippen LogP contribution in [0.4, 0.5) is 0 Å². The molecule has 0 saturated carbocycles. The molecule has 4 heteroatoms. The standard InChI is InChI=1S/C21H25NO3/c1-15-9-13-19(14-10-15)21(24)25-17(3)20(23)22-16(2)11-12-18-7-5-4-6-8-18/h4-10,13-14,16-17H,11-12H2,1-3H3,(H,22,23)/t16-,17+/m1/s1. The lowest BCUT2D eigenvalue weighted by atomic mass is 10.1. The summed E-state index contributed by atoms with van der Waals surface area (Å²) in [6, 6.07) is 17.2. The van der Waals surface area contributed by atoms with Crippen molar-refractivity contribution in [1.82, 2.24) is 5.32 Å². The zero-order chi connectivity index (χ0) is 18.2. The third kappa shape index (κ3) is 6.07. The highest BCUT2D eigenvalue weighted by molar-refractivity contribution is 5.92. The number of rotatable bonds is 7. The second-order valence-corrected chi connectivity index (χ2v) is 6.35. The van der Waals surface area contributed by atoms with Crippen LogP contribution in [0.5, 0.6) is 0 Å². The van der Waals surface area contributed by atoms with E-state index in [1.807, 2.05) is 44.2 Å². The van der Waals surface area contributed by atoms with Crippen LogP contribution in [0.25, 0.3) is 0 Å². The molecule has 2 atom stereocenters. The number of carbonyl (C=O) groups is 2. The molecular formula is C21H25NO3. The molecule has 0 aromatic heterocycles. The number of hydrogen-bond donors (Lipinski definition) is 1. The van der Waals surface area contributed by atoms with E-state index in [0.29, 0.717) is 5.56 Å². The molecule has 0 aliphatic rings. The van der Waals surface area contributed by atoms with Crippen molar-refractivity contribution in [3.63, 3.8) is 0 Å². The smallest absolute Gasteiger partial charge is 0.338 e. The van der Waals surface area contributed by atoms with Gasteiger partial charge in [0, 0.05) is 6.04 Å². The van der Waals surface area contributed by atoms with Gasteiger partial charge in [0.25, 0.3) is 5.91 Å². The largest absolute Gasteiger partial charge is 0.449 e. The highest BCUT2D eigenvalue weighted by Gasteiger charge is 2.20. The van der Waals surface area contributed by atoms with Gasteiger partial charge in [0.2, 0.25) is 0 Å². The summed E-state index contributed by atoms with van der Waals surface area (Å²) in [7, 11) is 0. The first kappa shape index (κ1) is 18.7. The Morgan fingerprint density at radius 1 is 1.00 bits per heavy atom. The Kier molecular flexibility index (Phi) is 6.75. The zero-order valence-corrected chi connectivity index (χ0v) is 15.0. The van der Waals surface area contributed by atoms with Crippen LogP contribution in [-0.2, 0) is 16.0 Å². The van der Waals surface area contributed by atoms with Crippen LogP contribution in [-0.4, -0.2) is 24.0 Å². The molecular weight excluding hydrogens is 314 g/mol. The summed E-state index contributed by atoms with van der Waals surface area (Å²) in [5, 5.41) is 2.90. The fourth-order valence-corrected chi connectivity index (χ4v) is 2.43. The van der Waals surface area contributed by atoms with Crippen LogP contribution < -0.4 is 5.32 Å². The molecule has 0 spiro atoms. The van der Waals surface area contributed by atoms with Gasteiger partial charge in [0.1, 0.15) is 0 Å². The summed E-state index contributed by atoms with van der Waals surface area (Å²) >= 11 is 0. The first-order chi connectivity index (χ1) is 12.0. The monoisotopic (exact) mass is 339 g/mol. The molecule has 2 rings (SSSR count). The summed E-state index contributed by atoms with van der Waals surface area (Å²) in [5.41, 5.74) is 2.75. The van der Waals surface area contributed by atoms with E-state index in [0.717, 1.165) is 18.4 Å². The van der Waals surface area contributed by atoms with Crippen molar-refractivity contribution >= 4 is 11.9 Å². The van der Waals surface area contributed by atoms with Gasteiger partial charge in [0.05, 0.1) is 5.56 Å². The molecule has 0 heterocycles. The van der Waals surface area contributed by atoms with Gasteiger partial charge in [-0.05, 0) is 51.3 Å². The second-order valence-electron chi connectivity index (χ2n) is 6.35. The van der Waals surface area contributed by atoms with Gasteiger partial charge in [-0.3, -0.25) is 4.79 Å². The van der Waals surface area contributed by atoms with E-state index in [-0.39, 0.29) is 11.9 Å². The molecule has 4 nitrogen and oxygen atoms in total. The zero-order valence-electron chi connectivity index (χ0n) is 15.0. The van der Waals surface area contributed by atoms with E-state index in [9.17, 15) is 9.59 Å². The summed E-state index contributed by atoms with van der Waals surface area (Å²) in [4.78, 5) is 24.3. The van der Waals surface area contributed by atoms with Gasteiger partial charge in [-0.15, -0.1) is 0 Å². The summed E-state index contributed by atoms with van der Waals surface area (Å²) < 4.78 is 5.25. The molecule has 0 aliphatic carbocycles. The van der Waals surface area contributed by atoms with Crippen LogP contribution >= 0.6 is 0 Å². The molecule has 0 unspecified atom stereocenters. The quantitative estimate of drug-likeness (QED) is 0.783. The second kappa shape index (κ2) is 9.02. The van der Waals surface area contributed by atoms with Crippen molar-refractivity contribution in [2.75, 3.05) is 0 Å². The predicted octanol–water partition coefficient (Wildman–Crippen LogP) is 3.68. The van der Waals surface area contributed by atoms with E-state index in [1.165, 1.54) is 5.56 Å². The van der Waals surface area contributed by atoms with E-state index >= 15 is 0 Å². The van der Waals surface area contributed by atoms with E-state index in [4.69, 9.17) is 4.74 Å². The molecule has 0 radical (unpaired) electrons. The van der Waals surface area contributed by atoms with Crippen molar-refractivity contribution in [3.8, 4) is 0 Å². The maximum absolute atomic E-state index is 12.2. The molecule has 1 amide bonds. The number of hydrogen-bond acceptors (Lipinski definition) is 3. The molecule has 2 aromatic carbocycles. The third-order valence-corrected chi connectivity index (χ3v) is 4.04. The fourth-order valence-electron chi connectivity index (χ4n) is 2.43. The number of esters is 1. The molecule has 0 bridgehead atoms. The Hall–Kier alpha value is -2.62. The van der Waals surface area contributed by atoms with Gasteiger partial charge >= 0.3 is 5.97 Å². The van der Waals surface area contributed by atoms with Crippen LogP contribution in [0.2, 0.25) is 0 Å². The van der Waals surface area contributed by atoms with Crippen LogP contribution in [0.1, 0.15) is 41.8 Å². The number of aryl methyl sites for hydroxylation is 2. The average molecular weight is 339 g/mol. The maximum atomic E-state index is 12.2. The maximum Gasteiger partial charge on any atom is 0.338 e. The molecule has 2 aromatic rings. The highest BCUT2D eigenvalue weighted by atomic mass is 16.5. The normalized spacial score (nSPS) is 12.9. The Morgan fingerprint density at radius 3 is 2.28 bits per heavy atom. The van der Waals surface area contributed by atoms with Crippen LogP contribution in [0.15, 0.2) is 54.6 Å².